The van der Waals surface area contributed by atoms with Gasteiger partial charge in [0, 0.05) is 11.6 Å². The van der Waals surface area contributed by atoms with E-state index in [4.69, 9.17) is 11.6 Å². The van der Waals surface area contributed by atoms with Gasteiger partial charge in [-0.3, -0.25) is 14.9 Å². The van der Waals surface area contributed by atoms with Gasteiger partial charge >= 0.3 is 0 Å². The average molecular weight is 341 g/mol. The molecule has 7 nitrogen and oxygen atoms in total. The lowest BCUT2D eigenvalue weighted by molar-refractivity contribution is -0.384. The van der Waals surface area contributed by atoms with Gasteiger partial charge in [0.25, 0.3) is 21.6 Å². The van der Waals surface area contributed by atoms with Crippen molar-refractivity contribution in [2.45, 2.75) is 4.90 Å². The van der Waals surface area contributed by atoms with Gasteiger partial charge in [-0.05, 0) is 24.3 Å². The van der Waals surface area contributed by atoms with E-state index in [1.165, 1.54) is 30.3 Å². The molecule has 9 heteroatoms. The molecule has 0 heterocycles. The maximum Gasteiger partial charge on any atom is 0.288 e. The fraction of sp³-hybridized carbons (Fsp3) is 0. The molecule has 0 aliphatic heterocycles. The minimum Gasteiger partial charge on any atom is -0.268 e. The minimum absolute atomic E-state index is 0.0909. The molecule has 0 unspecified atom stereocenters. The average Bonchev–Trinajstić information content (AvgIpc) is 2.47. The second-order valence-electron chi connectivity index (χ2n) is 4.17. The molecule has 22 heavy (non-hydrogen) atoms. The standard InChI is InChI=1S/C13H9ClN2O5S/c14-11-7-6-9(8-12(11)16(18)19)13(17)15-22(20,21)10-4-2-1-3-5-10/h1-8H,(H,15,17). The van der Waals surface area contributed by atoms with Gasteiger partial charge < -0.3 is 0 Å². The van der Waals surface area contributed by atoms with Crippen molar-refractivity contribution < 1.29 is 18.1 Å². The van der Waals surface area contributed by atoms with E-state index in [-0.39, 0.29) is 15.5 Å². The summed E-state index contributed by atoms with van der Waals surface area (Å²) in [4.78, 5) is 21.9. The van der Waals surface area contributed by atoms with Gasteiger partial charge in [-0.1, -0.05) is 29.8 Å². The second-order valence-corrected chi connectivity index (χ2v) is 6.26. The van der Waals surface area contributed by atoms with Gasteiger partial charge in [0.2, 0.25) is 0 Å². The Labute approximate surface area is 130 Å². The lowest BCUT2D eigenvalue weighted by Crippen LogP contribution is -2.30. The van der Waals surface area contributed by atoms with E-state index in [1.54, 1.807) is 6.07 Å². The molecule has 0 aliphatic carbocycles. The summed E-state index contributed by atoms with van der Waals surface area (Å²) >= 11 is 5.63. The molecule has 1 N–H and O–H groups in total. The van der Waals surface area contributed by atoms with Gasteiger partial charge in [0.1, 0.15) is 5.02 Å². The molecule has 2 aromatic carbocycles. The highest BCUT2D eigenvalue weighted by molar-refractivity contribution is 7.90. The monoisotopic (exact) mass is 340 g/mol. The number of nitro benzene ring substituents is 1. The van der Waals surface area contributed by atoms with E-state index in [1.807, 2.05) is 4.72 Å². The summed E-state index contributed by atoms with van der Waals surface area (Å²) < 4.78 is 25.9. The van der Waals surface area contributed by atoms with Crippen molar-refractivity contribution in [3.63, 3.8) is 0 Å². The molecule has 114 valence electrons. The smallest absolute Gasteiger partial charge is 0.268 e. The first kappa shape index (κ1) is 15.9. The van der Waals surface area contributed by atoms with Gasteiger partial charge in [0.05, 0.1) is 9.82 Å². The van der Waals surface area contributed by atoms with E-state index < -0.39 is 26.5 Å². The van der Waals surface area contributed by atoms with Crippen LogP contribution in [0.3, 0.4) is 0 Å². The SMILES string of the molecule is O=C(NS(=O)(=O)c1ccccc1)c1ccc(Cl)c([N+](=O)[O-])c1. The molecule has 1 amide bonds. The highest BCUT2D eigenvalue weighted by atomic mass is 35.5. The van der Waals surface area contributed by atoms with E-state index in [0.717, 1.165) is 12.1 Å². The van der Waals surface area contributed by atoms with Crippen LogP contribution in [-0.2, 0) is 10.0 Å². The van der Waals surface area contributed by atoms with Crippen molar-refractivity contribution in [2.24, 2.45) is 0 Å². The highest BCUT2D eigenvalue weighted by Crippen LogP contribution is 2.25. The van der Waals surface area contributed by atoms with Crippen LogP contribution in [0.25, 0.3) is 0 Å². The second kappa shape index (κ2) is 6.12. The molecule has 2 rings (SSSR count). The lowest BCUT2D eigenvalue weighted by atomic mass is 10.2. The van der Waals surface area contributed by atoms with E-state index >= 15 is 0 Å². The summed E-state index contributed by atoms with van der Waals surface area (Å²) in [6, 6.07) is 10.6. The zero-order chi connectivity index (χ0) is 16.3. The van der Waals surface area contributed by atoms with Gasteiger partial charge in [-0.15, -0.1) is 0 Å². The fourth-order valence-corrected chi connectivity index (χ4v) is 2.82. The molecule has 0 spiro atoms. The number of sulfonamides is 1. The quantitative estimate of drug-likeness (QED) is 0.679. The molecule has 0 atom stereocenters. The third-order valence-electron chi connectivity index (χ3n) is 2.69. The van der Waals surface area contributed by atoms with E-state index in [9.17, 15) is 23.3 Å². The van der Waals surface area contributed by atoms with Crippen LogP contribution in [0, 0.1) is 10.1 Å². The van der Waals surface area contributed by atoms with Crippen molar-refractivity contribution >= 4 is 33.2 Å². The van der Waals surface area contributed by atoms with Crippen LogP contribution in [0.15, 0.2) is 53.4 Å². The molecular formula is C13H9ClN2O5S. The summed E-state index contributed by atoms with van der Waals surface area (Å²) in [6.45, 7) is 0. The molecule has 2 aromatic rings. The Balaban J connectivity index is 2.30. The Morgan fingerprint density at radius 3 is 2.36 bits per heavy atom. The van der Waals surface area contributed by atoms with Gasteiger partial charge in [-0.2, -0.15) is 0 Å². The number of nitrogens with one attached hydrogen (secondary N) is 1. The molecule has 0 saturated heterocycles. The number of amides is 1. The zero-order valence-electron chi connectivity index (χ0n) is 10.9. The van der Waals surface area contributed by atoms with Crippen molar-refractivity contribution in [2.75, 3.05) is 0 Å². The van der Waals surface area contributed by atoms with Crippen molar-refractivity contribution in [3.05, 3.63) is 69.2 Å². The number of halogens is 1. The van der Waals surface area contributed by atoms with Crippen LogP contribution in [0.2, 0.25) is 5.02 Å². The summed E-state index contributed by atoms with van der Waals surface area (Å²) in [6.07, 6.45) is 0. The van der Waals surface area contributed by atoms with Crippen LogP contribution >= 0.6 is 11.6 Å². The predicted molar refractivity (Wildman–Crippen MR) is 79.2 cm³/mol. The maximum absolute atomic E-state index is 12.0. The summed E-state index contributed by atoms with van der Waals surface area (Å²) in [5.41, 5.74) is -0.665. The minimum atomic E-state index is -4.05. The number of nitro groups is 1. The zero-order valence-corrected chi connectivity index (χ0v) is 12.5. The fourth-order valence-electron chi connectivity index (χ4n) is 1.63. The third kappa shape index (κ3) is 3.41. The molecule has 0 saturated carbocycles. The summed E-state index contributed by atoms with van der Waals surface area (Å²) in [5, 5.41) is 10.6. The van der Waals surface area contributed by atoms with Crippen molar-refractivity contribution in [1.29, 1.82) is 0 Å². The first-order valence-corrected chi connectivity index (χ1v) is 7.73. The maximum atomic E-state index is 12.0. The lowest BCUT2D eigenvalue weighted by Gasteiger charge is -2.07. The van der Waals surface area contributed by atoms with Crippen molar-refractivity contribution in [1.82, 2.24) is 4.72 Å². The van der Waals surface area contributed by atoms with Crippen LogP contribution in [0.4, 0.5) is 5.69 Å². The topological polar surface area (TPSA) is 106 Å². The Morgan fingerprint density at radius 1 is 1.14 bits per heavy atom. The van der Waals surface area contributed by atoms with Crippen LogP contribution < -0.4 is 4.72 Å². The number of carbonyl (C=O) groups is 1. The van der Waals surface area contributed by atoms with Gasteiger partial charge in [-0.25, -0.2) is 13.1 Å². The number of nitrogens with zero attached hydrogens (tertiary/aromatic N) is 1. The normalized spacial score (nSPS) is 11.0. The van der Waals surface area contributed by atoms with Crippen molar-refractivity contribution in [3.8, 4) is 0 Å². The van der Waals surface area contributed by atoms with Crippen LogP contribution in [0.5, 0.6) is 0 Å². The Bertz CT molecular complexity index is 837. The Kier molecular flexibility index (Phi) is 4.43. The van der Waals surface area contributed by atoms with E-state index in [2.05, 4.69) is 0 Å². The Morgan fingerprint density at radius 2 is 1.77 bits per heavy atom. The van der Waals surface area contributed by atoms with E-state index in [0.29, 0.717) is 0 Å². The number of hydrogen-bond acceptors (Lipinski definition) is 5. The molecule has 0 fully saturated rings. The number of carbonyl (C=O) groups excluding carboxylic acids is 1. The molecule has 0 bridgehead atoms. The van der Waals surface area contributed by atoms with Crippen LogP contribution in [0.1, 0.15) is 10.4 Å². The first-order valence-electron chi connectivity index (χ1n) is 5.87. The number of hydrogen-bond donors (Lipinski definition) is 1. The third-order valence-corrected chi connectivity index (χ3v) is 4.35. The molecular weight excluding hydrogens is 332 g/mol. The summed E-state index contributed by atoms with van der Waals surface area (Å²) in [7, 11) is -4.05. The molecule has 0 aliphatic rings. The first-order chi connectivity index (χ1) is 10.3. The number of rotatable bonds is 4. The largest absolute Gasteiger partial charge is 0.288 e. The molecule has 0 aromatic heterocycles. The molecule has 0 radical (unpaired) electrons. The highest BCUT2D eigenvalue weighted by Gasteiger charge is 2.21. The Hall–Kier alpha value is -2.45. The summed E-state index contributed by atoms with van der Waals surface area (Å²) in [5.74, 6) is -0.983. The number of benzene rings is 2. The van der Waals surface area contributed by atoms with Gasteiger partial charge in [0.15, 0.2) is 0 Å². The van der Waals surface area contributed by atoms with Crippen LogP contribution in [-0.4, -0.2) is 19.2 Å². The predicted octanol–water partition coefficient (Wildman–Crippen LogP) is 2.37.